The third-order valence-corrected chi connectivity index (χ3v) is 2.94. The summed E-state index contributed by atoms with van der Waals surface area (Å²) < 4.78 is 1.78. The van der Waals surface area contributed by atoms with Gasteiger partial charge in [-0.1, -0.05) is 28.8 Å². The number of nitrogens with zero attached hydrogens (tertiary/aromatic N) is 4. The Labute approximate surface area is 123 Å². The van der Waals surface area contributed by atoms with Gasteiger partial charge in [0, 0.05) is 5.39 Å². The van der Waals surface area contributed by atoms with Crippen LogP contribution in [0.15, 0.2) is 42.6 Å². The lowest BCUT2D eigenvalue weighted by molar-refractivity contribution is -0.586. The van der Waals surface area contributed by atoms with E-state index in [1.54, 1.807) is 4.52 Å². The molecule has 0 atom stereocenters. The van der Waals surface area contributed by atoms with Crippen LogP contribution in [0.4, 0.5) is 0 Å². The Kier molecular flexibility index (Phi) is 3.41. The minimum absolute atomic E-state index is 0. The van der Waals surface area contributed by atoms with Crippen LogP contribution in [0.25, 0.3) is 27.2 Å². The van der Waals surface area contributed by atoms with Crippen molar-refractivity contribution in [3.63, 3.8) is 0 Å². The molecule has 0 aliphatic carbocycles. The lowest BCUT2D eigenvalue weighted by atomic mass is 10.0. The van der Waals surface area contributed by atoms with Crippen LogP contribution in [0.2, 0.25) is 0 Å². The van der Waals surface area contributed by atoms with Crippen LogP contribution in [-0.4, -0.2) is 15.5 Å². The van der Waals surface area contributed by atoms with Crippen molar-refractivity contribution in [2.45, 2.75) is 0 Å². The summed E-state index contributed by atoms with van der Waals surface area (Å²) >= 11 is 0. The first kappa shape index (κ1) is 13.0. The van der Waals surface area contributed by atoms with Gasteiger partial charge in [0.25, 0.3) is 0 Å². The van der Waals surface area contributed by atoms with Crippen LogP contribution < -0.4 is 21.5 Å². The Morgan fingerprint density at radius 3 is 2.56 bits per heavy atom. The van der Waals surface area contributed by atoms with E-state index in [9.17, 15) is 0 Å². The van der Waals surface area contributed by atoms with Crippen LogP contribution in [0.5, 0.6) is 0 Å². The quantitative estimate of drug-likeness (QED) is 0.294. The summed E-state index contributed by atoms with van der Waals surface area (Å²) in [7, 11) is 0. The summed E-state index contributed by atoms with van der Waals surface area (Å²) in [5.74, 6) is 0. The molecule has 2 heterocycles. The van der Waals surface area contributed by atoms with E-state index in [2.05, 4.69) is 39.8 Å². The maximum absolute atomic E-state index is 4.05. The van der Waals surface area contributed by atoms with Gasteiger partial charge in [0.2, 0.25) is 5.21 Å². The molecule has 0 amide bonds. The molecule has 0 spiro atoms. The largest absolute Gasteiger partial charge is 1.00 e. The van der Waals surface area contributed by atoms with Gasteiger partial charge in [0.1, 0.15) is 6.20 Å². The highest BCUT2D eigenvalue weighted by atomic mass is 79.9. The molecule has 90 valence electrons. The maximum atomic E-state index is 4.05. The highest BCUT2D eigenvalue weighted by Crippen LogP contribution is 2.25. The van der Waals surface area contributed by atoms with Crippen LogP contribution in [0.3, 0.4) is 0 Å². The van der Waals surface area contributed by atoms with Crippen molar-refractivity contribution in [1.82, 2.24) is 15.5 Å². The third-order valence-electron chi connectivity index (χ3n) is 2.94. The minimum Gasteiger partial charge on any atom is -1.00 e. The Bertz CT molecular complexity index is 689. The molecule has 0 aliphatic heterocycles. The van der Waals surface area contributed by atoms with E-state index in [1.165, 1.54) is 16.2 Å². The zero-order chi connectivity index (χ0) is 10.5. The van der Waals surface area contributed by atoms with E-state index in [4.69, 9.17) is 0 Å². The van der Waals surface area contributed by atoms with E-state index in [1.807, 2.05) is 18.3 Å². The molecule has 0 aliphatic rings. The molecule has 4 rings (SSSR count). The molecule has 2 aromatic heterocycles. The summed E-state index contributed by atoms with van der Waals surface area (Å²) in [6.07, 6.45) is 1.92. The molecule has 0 N–H and O–H groups in total. The van der Waals surface area contributed by atoms with E-state index in [0.717, 1.165) is 11.0 Å². The van der Waals surface area contributed by atoms with Gasteiger partial charge in [-0.2, -0.15) is 0 Å². The highest BCUT2D eigenvalue weighted by Gasteiger charge is 2.13. The normalized spacial score (nSPS) is 10.4. The van der Waals surface area contributed by atoms with Gasteiger partial charge in [0.05, 0.1) is 0 Å². The molecule has 0 radical (unpaired) electrons. The minimum atomic E-state index is 0. The monoisotopic (exact) mass is 366 g/mol. The molecular weight excluding hydrogens is 360 g/mol. The van der Waals surface area contributed by atoms with E-state index >= 15 is 0 Å². The molecule has 0 saturated carbocycles. The fourth-order valence-electron chi connectivity index (χ4n) is 2.24. The second-order valence-electron chi connectivity index (χ2n) is 3.82. The van der Waals surface area contributed by atoms with Crippen LogP contribution in [-0.2, 0) is 0 Å². The smallest absolute Gasteiger partial charge is 0.204 e. The van der Waals surface area contributed by atoms with Gasteiger partial charge < -0.3 is 17.0 Å². The van der Waals surface area contributed by atoms with Crippen LogP contribution >= 0.6 is 17.0 Å². The first-order valence-electron chi connectivity index (χ1n) is 5.08. The van der Waals surface area contributed by atoms with Gasteiger partial charge in [-0.3, -0.25) is 0 Å². The first-order chi connectivity index (χ1) is 7.93. The number of hydrogen-bond donors (Lipinski definition) is 0. The molecule has 0 bridgehead atoms. The highest BCUT2D eigenvalue weighted by molar-refractivity contribution is 8.93. The fourth-order valence-corrected chi connectivity index (χ4v) is 2.24. The SMILES string of the molecule is Br.[Br-].c1cc2ccc3nnn[n+]4ccc(c1)c2c34. The number of benzene rings is 2. The van der Waals surface area contributed by atoms with Gasteiger partial charge in [-0.05, 0) is 28.0 Å². The van der Waals surface area contributed by atoms with E-state index < -0.39 is 0 Å². The molecule has 0 unspecified atom stereocenters. The topological polar surface area (TPSA) is 42.8 Å². The summed E-state index contributed by atoms with van der Waals surface area (Å²) in [6, 6.07) is 12.4. The number of halogens is 2. The second kappa shape index (κ2) is 4.70. The van der Waals surface area contributed by atoms with Crippen molar-refractivity contribution in [2.75, 3.05) is 0 Å². The van der Waals surface area contributed by atoms with Crippen molar-refractivity contribution < 1.29 is 21.5 Å². The average molecular weight is 368 g/mol. The predicted octanol–water partition coefficient (Wildman–Crippen LogP) is -1.06. The lowest BCUT2D eigenvalue weighted by Gasteiger charge is -2.03. The van der Waals surface area contributed by atoms with Crippen molar-refractivity contribution in [2.24, 2.45) is 0 Å². The molecule has 6 heteroatoms. The Balaban J connectivity index is 0.000000602. The van der Waals surface area contributed by atoms with E-state index in [0.29, 0.717) is 0 Å². The molecular formula is C12H8Br2N4. The molecule has 0 saturated heterocycles. The van der Waals surface area contributed by atoms with Crippen LogP contribution in [0.1, 0.15) is 0 Å². The predicted molar refractivity (Wildman–Crippen MR) is 69.5 cm³/mol. The lowest BCUT2D eigenvalue weighted by Crippen LogP contribution is -3.00. The number of hydrogen-bond acceptors (Lipinski definition) is 3. The van der Waals surface area contributed by atoms with Gasteiger partial charge in [0.15, 0.2) is 16.2 Å². The van der Waals surface area contributed by atoms with Crippen molar-refractivity contribution in [3.8, 4) is 0 Å². The summed E-state index contributed by atoms with van der Waals surface area (Å²) in [5, 5.41) is 15.4. The molecule has 2 aromatic carbocycles. The van der Waals surface area contributed by atoms with E-state index in [-0.39, 0.29) is 34.0 Å². The second-order valence-corrected chi connectivity index (χ2v) is 3.82. The van der Waals surface area contributed by atoms with Gasteiger partial charge in [-0.25, -0.2) is 0 Å². The Morgan fingerprint density at radius 2 is 1.72 bits per heavy atom. The number of rotatable bonds is 0. The zero-order valence-electron chi connectivity index (χ0n) is 9.12. The van der Waals surface area contributed by atoms with Gasteiger partial charge in [-0.15, -0.1) is 17.0 Å². The molecule has 18 heavy (non-hydrogen) atoms. The van der Waals surface area contributed by atoms with Crippen molar-refractivity contribution in [1.29, 1.82) is 0 Å². The first-order valence-corrected chi connectivity index (χ1v) is 5.08. The van der Waals surface area contributed by atoms with Crippen LogP contribution in [0, 0.1) is 0 Å². The summed E-state index contributed by atoms with van der Waals surface area (Å²) in [5.41, 5.74) is 1.91. The van der Waals surface area contributed by atoms with Crippen molar-refractivity contribution in [3.05, 3.63) is 42.6 Å². The zero-order valence-corrected chi connectivity index (χ0v) is 12.4. The number of aromatic nitrogens is 4. The fraction of sp³-hybridized carbons (Fsp3) is 0. The maximum Gasteiger partial charge on any atom is 0.204 e. The van der Waals surface area contributed by atoms with Gasteiger partial charge >= 0.3 is 0 Å². The molecule has 4 aromatic rings. The summed E-state index contributed by atoms with van der Waals surface area (Å²) in [4.78, 5) is 0. The standard InChI is InChI=1S/C12H7N4.2BrH/c1-2-8-4-5-10-12-11(8)9(3-1)6-7-16(12)15-14-13-10;;/h1-7H;2*1H/q+1;;/p-1. The molecule has 4 nitrogen and oxygen atoms in total. The summed E-state index contributed by atoms with van der Waals surface area (Å²) in [6.45, 7) is 0. The third kappa shape index (κ3) is 1.64. The average Bonchev–Trinajstić information content (AvgIpc) is 2.36. The molecule has 0 fully saturated rings. The Hall–Kier alpha value is -1.40. The Morgan fingerprint density at radius 1 is 0.944 bits per heavy atom. The number of pyridine rings is 1. The van der Waals surface area contributed by atoms with Crippen molar-refractivity contribution >= 4 is 44.2 Å².